The lowest BCUT2D eigenvalue weighted by molar-refractivity contribution is 0.0598. The van der Waals surface area contributed by atoms with Crippen LogP contribution in [0.15, 0.2) is 35.1 Å². The van der Waals surface area contributed by atoms with E-state index in [4.69, 9.17) is 4.74 Å². The van der Waals surface area contributed by atoms with Crippen LogP contribution in [-0.2, 0) is 17.7 Å². The van der Waals surface area contributed by atoms with Crippen LogP contribution in [0, 0.1) is 6.92 Å². The predicted molar refractivity (Wildman–Crippen MR) is 80.5 cm³/mol. The van der Waals surface area contributed by atoms with Crippen molar-refractivity contribution in [1.29, 1.82) is 0 Å². The van der Waals surface area contributed by atoms with E-state index in [0.29, 0.717) is 17.7 Å². The fraction of sp³-hybridized carbons (Fsp3) is 0.294. The highest BCUT2D eigenvalue weighted by Gasteiger charge is 2.23. The van der Waals surface area contributed by atoms with Gasteiger partial charge in [0.15, 0.2) is 0 Å². The molecule has 0 atom stereocenters. The Morgan fingerprint density at radius 1 is 1.24 bits per heavy atom. The molecule has 108 valence electrons. The average molecular weight is 283 g/mol. The lowest BCUT2D eigenvalue weighted by Gasteiger charge is -2.12. The molecule has 4 nitrogen and oxygen atoms in total. The molecule has 1 aromatic heterocycles. The third kappa shape index (κ3) is 2.27. The van der Waals surface area contributed by atoms with Gasteiger partial charge < -0.3 is 9.30 Å². The number of aromatic nitrogens is 1. The number of hydrogen-bond donors (Lipinski definition) is 0. The van der Waals surface area contributed by atoms with Crippen LogP contribution in [0.25, 0.3) is 11.1 Å². The van der Waals surface area contributed by atoms with E-state index in [2.05, 4.69) is 0 Å². The van der Waals surface area contributed by atoms with Crippen LogP contribution in [0.5, 0.6) is 0 Å². The first-order valence-electron chi connectivity index (χ1n) is 7.04. The van der Waals surface area contributed by atoms with Crippen LogP contribution in [0.2, 0.25) is 0 Å². The molecule has 0 radical (unpaired) electrons. The molecule has 0 saturated heterocycles. The fourth-order valence-electron chi connectivity index (χ4n) is 2.84. The lowest BCUT2D eigenvalue weighted by Crippen LogP contribution is -2.24. The summed E-state index contributed by atoms with van der Waals surface area (Å²) in [6.07, 6.45) is 1.63. The Bertz CT molecular complexity index is 757. The molecule has 1 aliphatic rings. The van der Waals surface area contributed by atoms with Gasteiger partial charge in [-0.05, 0) is 31.4 Å². The minimum Gasteiger partial charge on any atom is -0.465 e. The Kier molecular flexibility index (Phi) is 3.37. The number of hydrogen-bond acceptors (Lipinski definition) is 3. The van der Waals surface area contributed by atoms with Crippen molar-refractivity contribution in [1.82, 2.24) is 4.57 Å². The molecule has 2 heterocycles. The van der Waals surface area contributed by atoms with Crippen molar-refractivity contribution in [2.75, 3.05) is 7.11 Å². The number of fused-ring (bicyclic) bond motifs is 1. The second kappa shape index (κ2) is 5.20. The zero-order valence-electron chi connectivity index (χ0n) is 12.2. The molecule has 0 aliphatic carbocycles. The normalized spacial score (nSPS) is 13.0. The minimum absolute atomic E-state index is 0.0287. The van der Waals surface area contributed by atoms with Crippen LogP contribution < -0.4 is 5.56 Å². The van der Waals surface area contributed by atoms with Crippen molar-refractivity contribution in [3.63, 3.8) is 0 Å². The zero-order valence-corrected chi connectivity index (χ0v) is 12.2. The quantitative estimate of drug-likeness (QED) is 0.796. The summed E-state index contributed by atoms with van der Waals surface area (Å²) >= 11 is 0. The predicted octanol–water partition coefficient (Wildman–Crippen LogP) is 2.56. The van der Waals surface area contributed by atoms with Crippen molar-refractivity contribution in [3.8, 4) is 11.1 Å². The van der Waals surface area contributed by atoms with Gasteiger partial charge in [0.05, 0.1) is 12.7 Å². The van der Waals surface area contributed by atoms with Crippen molar-refractivity contribution in [2.24, 2.45) is 0 Å². The van der Waals surface area contributed by atoms with Gasteiger partial charge in [-0.2, -0.15) is 0 Å². The van der Waals surface area contributed by atoms with Crippen molar-refractivity contribution >= 4 is 5.97 Å². The number of methoxy groups -OCH3 is 1. The summed E-state index contributed by atoms with van der Waals surface area (Å²) < 4.78 is 6.57. The molecule has 0 amide bonds. The van der Waals surface area contributed by atoms with Gasteiger partial charge in [0.1, 0.15) is 0 Å². The summed E-state index contributed by atoms with van der Waals surface area (Å²) in [6, 6.07) is 9.43. The number of carbonyl (C=O) groups is 1. The highest BCUT2D eigenvalue weighted by molar-refractivity contribution is 5.92. The summed E-state index contributed by atoms with van der Waals surface area (Å²) in [5.74, 6) is -0.381. The summed E-state index contributed by atoms with van der Waals surface area (Å²) in [6.45, 7) is 2.66. The van der Waals surface area contributed by atoms with Crippen molar-refractivity contribution < 1.29 is 9.53 Å². The number of benzene rings is 1. The molecule has 0 N–H and O–H groups in total. The van der Waals surface area contributed by atoms with Crippen LogP contribution in [0.3, 0.4) is 0 Å². The number of carbonyl (C=O) groups excluding carboxylic acids is 1. The highest BCUT2D eigenvalue weighted by atomic mass is 16.5. The Labute approximate surface area is 123 Å². The molecule has 2 aromatic rings. The van der Waals surface area contributed by atoms with Crippen LogP contribution in [-0.4, -0.2) is 17.6 Å². The topological polar surface area (TPSA) is 48.3 Å². The molecular weight excluding hydrogens is 266 g/mol. The number of nitrogens with zero attached hydrogens (tertiary/aromatic N) is 1. The smallest absolute Gasteiger partial charge is 0.339 e. The van der Waals surface area contributed by atoms with Crippen LogP contribution >= 0.6 is 0 Å². The van der Waals surface area contributed by atoms with E-state index in [1.54, 1.807) is 10.6 Å². The van der Waals surface area contributed by atoms with Crippen molar-refractivity contribution in [2.45, 2.75) is 26.3 Å². The van der Waals surface area contributed by atoms with Gasteiger partial charge in [-0.1, -0.05) is 29.8 Å². The Morgan fingerprint density at radius 2 is 1.95 bits per heavy atom. The maximum Gasteiger partial charge on any atom is 0.339 e. The molecule has 0 bridgehead atoms. The van der Waals surface area contributed by atoms with E-state index >= 15 is 0 Å². The van der Waals surface area contributed by atoms with E-state index < -0.39 is 0 Å². The number of rotatable bonds is 2. The molecule has 0 unspecified atom stereocenters. The Balaban J connectivity index is 2.24. The Hall–Kier alpha value is -2.36. The second-order valence-corrected chi connectivity index (χ2v) is 5.34. The molecule has 0 fully saturated rings. The molecule has 0 spiro atoms. The van der Waals surface area contributed by atoms with Gasteiger partial charge in [-0.3, -0.25) is 4.79 Å². The number of ether oxygens (including phenoxy) is 1. The van der Waals surface area contributed by atoms with E-state index in [1.165, 1.54) is 7.11 Å². The first-order chi connectivity index (χ1) is 10.1. The van der Waals surface area contributed by atoms with E-state index in [0.717, 1.165) is 29.7 Å². The summed E-state index contributed by atoms with van der Waals surface area (Å²) in [5, 5.41) is 0. The summed E-state index contributed by atoms with van der Waals surface area (Å²) in [5.41, 5.74) is 3.79. The van der Waals surface area contributed by atoms with Gasteiger partial charge in [-0.25, -0.2) is 4.79 Å². The molecule has 3 rings (SSSR count). The second-order valence-electron chi connectivity index (χ2n) is 5.34. The SMILES string of the molecule is COC(=O)c1cc(-c2ccc(C)cc2)c(=O)n2c1CCC2. The fourth-order valence-corrected chi connectivity index (χ4v) is 2.84. The first kappa shape index (κ1) is 13.6. The molecule has 4 heteroatoms. The Morgan fingerprint density at radius 3 is 2.62 bits per heavy atom. The minimum atomic E-state index is -0.381. The summed E-state index contributed by atoms with van der Waals surface area (Å²) in [7, 11) is 1.37. The van der Waals surface area contributed by atoms with E-state index in [-0.39, 0.29) is 11.5 Å². The molecule has 1 aromatic carbocycles. The van der Waals surface area contributed by atoms with Gasteiger partial charge in [-0.15, -0.1) is 0 Å². The lowest BCUT2D eigenvalue weighted by atomic mass is 10.0. The van der Waals surface area contributed by atoms with Gasteiger partial charge in [0, 0.05) is 17.8 Å². The van der Waals surface area contributed by atoms with E-state index in [1.807, 2.05) is 31.2 Å². The van der Waals surface area contributed by atoms with Gasteiger partial charge in [0.2, 0.25) is 0 Å². The van der Waals surface area contributed by atoms with Gasteiger partial charge >= 0.3 is 5.97 Å². The van der Waals surface area contributed by atoms with Crippen LogP contribution in [0.4, 0.5) is 0 Å². The first-order valence-corrected chi connectivity index (χ1v) is 7.04. The van der Waals surface area contributed by atoms with Crippen molar-refractivity contribution in [3.05, 3.63) is 57.5 Å². The standard InChI is InChI=1S/C17H17NO3/c1-11-5-7-12(8-6-11)13-10-14(17(20)21-2)15-4-3-9-18(15)16(13)19/h5-8,10H,3-4,9H2,1-2H3. The highest BCUT2D eigenvalue weighted by Crippen LogP contribution is 2.24. The monoisotopic (exact) mass is 283 g/mol. The molecule has 1 aliphatic heterocycles. The largest absolute Gasteiger partial charge is 0.465 e. The van der Waals surface area contributed by atoms with E-state index in [9.17, 15) is 9.59 Å². The summed E-state index contributed by atoms with van der Waals surface area (Å²) in [4.78, 5) is 24.6. The third-order valence-electron chi connectivity index (χ3n) is 3.96. The molecule has 0 saturated carbocycles. The average Bonchev–Trinajstić information content (AvgIpc) is 2.98. The van der Waals surface area contributed by atoms with Crippen LogP contribution in [0.1, 0.15) is 28.0 Å². The third-order valence-corrected chi connectivity index (χ3v) is 3.96. The zero-order chi connectivity index (χ0) is 15.0. The maximum atomic E-state index is 12.6. The maximum absolute atomic E-state index is 12.6. The number of esters is 1. The molecular formula is C17H17NO3. The number of aryl methyl sites for hydroxylation is 1. The molecule has 21 heavy (non-hydrogen) atoms. The van der Waals surface area contributed by atoms with Gasteiger partial charge in [0.25, 0.3) is 5.56 Å². The number of pyridine rings is 1.